The molecule has 0 spiro atoms. The number of carbonyl (C=O) groups is 2. The number of rotatable bonds is 8. The second-order valence-electron chi connectivity index (χ2n) is 6.16. The van der Waals surface area contributed by atoms with Crippen LogP contribution in [0.15, 0.2) is 24.3 Å². The van der Waals surface area contributed by atoms with Crippen LogP contribution in [-0.4, -0.2) is 18.4 Å². The monoisotopic (exact) mass is 304 g/mol. The summed E-state index contributed by atoms with van der Waals surface area (Å²) in [4.78, 5) is 23.2. The maximum Gasteiger partial charge on any atom is 0.239 e. The highest BCUT2D eigenvalue weighted by Gasteiger charge is 2.10. The summed E-state index contributed by atoms with van der Waals surface area (Å²) in [6.45, 7) is 8.32. The van der Waals surface area contributed by atoms with Gasteiger partial charge in [-0.2, -0.15) is 0 Å². The van der Waals surface area contributed by atoms with Gasteiger partial charge in [0.1, 0.15) is 0 Å². The predicted octanol–water partition coefficient (Wildman–Crippen LogP) is 2.98. The summed E-state index contributed by atoms with van der Waals surface area (Å²) in [6, 6.07) is 8.27. The number of hydrogen-bond acceptors (Lipinski definition) is 2. The molecule has 1 atom stereocenters. The van der Waals surface area contributed by atoms with E-state index >= 15 is 0 Å². The van der Waals surface area contributed by atoms with Gasteiger partial charge in [0.05, 0.1) is 12.6 Å². The van der Waals surface area contributed by atoms with Gasteiger partial charge >= 0.3 is 0 Å². The molecule has 0 unspecified atom stereocenters. The van der Waals surface area contributed by atoms with Crippen molar-refractivity contribution < 1.29 is 9.59 Å². The number of nitrogens with one attached hydrogen (secondary N) is 2. The molecule has 0 radical (unpaired) electrons. The summed E-state index contributed by atoms with van der Waals surface area (Å²) in [5.41, 5.74) is 2.38. The molecule has 2 amide bonds. The van der Waals surface area contributed by atoms with E-state index in [1.54, 1.807) is 0 Å². The molecule has 0 bridgehead atoms. The Morgan fingerprint density at radius 2 is 1.68 bits per heavy atom. The number of carbonyl (C=O) groups excluding carboxylic acids is 2. The van der Waals surface area contributed by atoms with E-state index in [0.29, 0.717) is 12.3 Å². The van der Waals surface area contributed by atoms with Crippen LogP contribution in [-0.2, 0) is 16.0 Å². The van der Waals surface area contributed by atoms with Crippen LogP contribution in [0.3, 0.4) is 0 Å². The van der Waals surface area contributed by atoms with Crippen LogP contribution in [0, 0.1) is 5.92 Å². The van der Waals surface area contributed by atoms with Crippen molar-refractivity contribution in [3.05, 3.63) is 35.4 Å². The first-order valence-electron chi connectivity index (χ1n) is 8.07. The Balaban J connectivity index is 2.45. The van der Waals surface area contributed by atoms with E-state index in [4.69, 9.17) is 0 Å². The molecule has 0 saturated carbocycles. The van der Waals surface area contributed by atoms with Crippen LogP contribution in [0.4, 0.5) is 0 Å². The van der Waals surface area contributed by atoms with E-state index in [9.17, 15) is 9.59 Å². The molecule has 1 rings (SSSR count). The first-order chi connectivity index (χ1) is 10.4. The maximum absolute atomic E-state index is 11.8. The summed E-state index contributed by atoms with van der Waals surface area (Å²) >= 11 is 0. The highest BCUT2D eigenvalue weighted by molar-refractivity contribution is 5.84. The highest BCUT2D eigenvalue weighted by atomic mass is 16.2. The predicted molar refractivity (Wildman–Crippen MR) is 89.5 cm³/mol. The lowest BCUT2D eigenvalue weighted by Gasteiger charge is -2.15. The number of benzene rings is 1. The molecule has 0 aliphatic heterocycles. The van der Waals surface area contributed by atoms with Crippen molar-refractivity contribution in [2.75, 3.05) is 6.54 Å². The van der Waals surface area contributed by atoms with Crippen molar-refractivity contribution in [3.8, 4) is 0 Å². The SMILES string of the molecule is CCCC(=O)NCC(=O)N[C@@H](C)c1ccc(CC(C)C)cc1. The van der Waals surface area contributed by atoms with Gasteiger partial charge in [0, 0.05) is 6.42 Å². The number of amides is 2. The van der Waals surface area contributed by atoms with Gasteiger partial charge < -0.3 is 10.6 Å². The third-order valence-corrected chi connectivity index (χ3v) is 3.42. The van der Waals surface area contributed by atoms with Crippen molar-refractivity contribution in [2.24, 2.45) is 5.92 Å². The van der Waals surface area contributed by atoms with E-state index in [0.717, 1.165) is 18.4 Å². The van der Waals surface area contributed by atoms with Crippen molar-refractivity contribution >= 4 is 11.8 Å². The molecule has 2 N–H and O–H groups in total. The quantitative estimate of drug-likeness (QED) is 0.775. The molecule has 122 valence electrons. The van der Waals surface area contributed by atoms with Gasteiger partial charge in [-0.1, -0.05) is 45.0 Å². The zero-order valence-electron chi connectivity index (χ0n) is 14.1. The van der Waals surface area contributed by atoms with Crippen LogP contribution in [0.1, 0.15) is 57.7 Å². The molecule has 0 fully saturated rings. The Bertz CT molecular complexity index is 480. The third kappa shape index (κ3) is 6.74. The van der Waals surface area contributed by atoms with Crippen LogP contribution < -0.4 is 10.6 Å². The minimum absolute atomic E-state index is 0.0363. The third-order valence-electron chi connectivity index (χ3n) is 3.42. The summed E-state index contributed by atoms with van der Waals surface area (Å²) in [6.07, 6.45) is 2.30. The van der Waals surface area contributed by atoms with Crippen LogP contribution in [0.25, 0.3) is 0 Å². The Hall–Kier alpha value is -1.84. The van der Waals surface area contributed by atoms with E-state index in [2.05, 4.69) is 48.7 Å². The summed E-state index contributed by atoms with van der Waals surface area (Å²) < 4.78 is 0. The van der Waals surface area contributed by atoms with E-state index in [1.807, 2.05) is 13.8 Å². The molecule has 0 aliphatic carbocycles. The normalized spacial score (nSPS) is 12.0. The first-order valence-corrected chi connectivity index (χ1v) is 8.07. The van der Waals surface area contributed by atoms with E-state index < -0.39 is 0 Å². The molecule has 22 heavy (non-hydrogen) atoms. The van der Waals surface area contributed by atoms with E-state index in [-0.39, 0.29) is 24.4 Å². The van der Waals surface area contributed by atoms with Crippen molar-refractivity contribution in [1.82, 2.24) is 10.6 Å². The van der Waals surface area contributed by atoms with E-state index in [1.165, 1.54) is 5.56 Å². The Labute approximate surface area is 133 Å². The lowest BCUT2D eigenvalue weighted by molar-refractivity contribution is -0.126. The van der Waals surface area contributed by atoms with Crippen LogP contribution in [0.5, 0.6) is 0 Å². The topological polar surface area (TPSA) is 58.2 Å². The zero-order chi connectivity index (χ0) is 16.5. The average molecular weight is 304 g/mol. The second kappa shape index (κ2) is 9.23. The van der Waals surface area contributed by atoms with Gasteiger partial charge in [0.15, 0.2) is 0 Å². The standard InChI is InChI=1S/C18H28N2O2/c1-5-6-17(21)19-12-18(22)20-14(4)16-9-7-15(8-10-16)11-13(2)3/h7-10,13-14H,5-6,11-12H2,1-4H3,(H,19,21)(H,20,22)/t14-/m0/s1. The van der Waals surface area contributed by atoms with Crippen LogP contribution in [0.2, 0.25) is 0 Å². The summed E-state index contributed by atoms with van der Waals surface area (Å²) in [7, 11) is 0. The largest absolute Gasteiger partial charge is 0.348 e. The van der Waals surface area contributed by atoms with Crippen molar-refractivity contribution in [2.45, 2.75) is 53.0 Å². The van der Waals surface area contributed by atoms with Gasteiger partial charge in [-0.25, -0.2) is 0 Å². The van der Waals surface area contributed by atoms with Gasteiger partial charge in [-0.15, -0.1) is 0 Å². The van der Waals surface area contributed by atoms with Gasteiger partial charge in [0.2, 0.25) is 11.8 Å². The fraction of sp³-hybridized carbons (Fsp3) is 0.556. The number of hydrogen-bond donors (Lipinski definition) is 2. The molecule has 0 saturated heterocycles. The highest BCUT2D eigenvalue weighted by Crippen LogP contribution is 2.15. The Morgan fingerprint density at radius 1 is 1.05 bits per heavy atom. The summed E-state index contributed by atoms with van der Waals surface area (Å²) in [5.74, 6) is 0.390. The van der Waals surface area contributed by atoms with Gasteiger partial charge in [-0.05, 0) is 36.8 Å². The van der Waals surface area contributed by atoms with Crippen molar-refractivity contribution in [3.63, 3.8) is 0 Å². The fourth-order valence-electron chi connectivity index (χ4n) is 2.28. The molecular weight excluding hydrogens is 276 g/mol. The molecule has 4 heteroatoms. The molecule has 1 aromatic carbocycles. The first kappa shape index (κ1) is 18.2. The van der Waals surface area contributed by atoms with Crippen molar-refractivity contribution in [1.29, 1.82) is 0 Å². The van der Waals surface area contributed by atoms with Gasteiger partial charge in [0.25, 0.3) is 0 Å². The zero-order valence-corrected chi connectivity index (χ0v) is 14.1. The smallest absolute Gasteiger partial charge is 0.239 e. The molecular formula is C18H28N2O2. The Kier molecular flexibility index (Phi) is 7.64. The molecule has 4 nitrogen and oxygen atoms in total. The Morgan fingerprint density at radius 3 is 2.23 bits per heavy atom. The minimum atomic E-state index is -0.164. The average Bonchev–Trinajstić information content (AvgIpc) is 2.45. The molecule has 1 aromatic rings. The lowest BCUT2D eigenvalue weighted by atomic mass is 10.00. The minimum Gasteiger partial charge on any atom is -0.348 e. The second-order valence-corrected chi connectivity index (χ2v) is 6.16. The van der Waals surface area contributed by atoms with Gasteiger partial charge in [-0.3, -0.25) is 9.59 Å². The molecule has 0 heterocycles. The summed E-state index contributed by atoms with van der Waals surface area (Å²) in [5, 5.41) is 5.52. The maximum atomic E-state index is 11.8. The van der Waals surface area contributed by atoms with Crippen LogP contribution >= 0.6 is 0 Å². The fourth-order valence-corrected chi connectivity index (χ4v) is 2.28. The molecule has 0 aromatic heterocycles. The molecule has 0 aliphatic rings. The lowest BCUT2D eigenvalue weighted by Crippen LogP contribution is -2.37.